The maximum absolute atomic E-state index is 14.4. The lowest BCUT2D eigenvalue weighted by atomic mass is 10.0. The van der Waals surface area contributed by atoms with Crippen molar-refractivity contribution in [3.8, 4) is 22.5 Å². The number of hydrogen-bond acceptors (Lipinski definition) is 2. The molecule has 0 aliphatic heterocycles. The zero-order chi connectivity index (χ0) is 18.0. The van der Waals surface area contributed by atoms with Crippen LogP contribution in [0.2, 0.25) is 0 Å². The van der Waals surface area contributed by atoms with Crippen molar-refractivity contribution in [1.82, 2.24) is 9.97 Å². The molecule has 0 N–H and O–H groups in total. The Balaban J connectivity index is 1.96. The highest BCUT2D eigenvalue weighted by Crippen LogP contribution is 2.28. The monoisotopic (exact) mass is 346 g/mol. The highest BCUT2D eigenvalue weighted by Gasteiger charge is 2.15. The summed E-state index contributed by atoms with van der Waals surface area (Å²) in [6, 6.07) is 5.61. The molecule has 0 bridgehead atoms. The molecule has 0 unspecified atom stereocenters. The molecule has 0 spiro atoms. The van der Waals surface area contributed by atoms with Crippen molar-refractivity contribution in [3.05, 3.63) is 71.6 Å². The van der Waals surface area contributed by atoms with Gasteiger partial charge >= 0.3 is 0 Å². The van der Waals surface area contributed by atoms with Gasteiger partial charge in [-0.05, 0) is 35.7 Å². The van der Waals surface area contributed by atoms with E-state index in [9.17, 15) is 17.6 Å². The van der Waals surface area contributed by atoms with Crippen LogP contribution in [-0.2, 0) is 6.42 Å². The molecule has 2 nitrogen and oxygen atoms in total. The molecule has 3 rings (SSSR count). The Hall–Kier alpha value is -2.76. The van der Waals surface area contributed by atoms with Gasteiger partial charge in [0.15, 0.2) is 23.3 Å². The Morgan fingerprint density at radius 3 is 1.96 bits per heavy atom. The van der Waals surface area contributed by atoms with Crippen molar-refractivity contribution in [3.63, 3.8) is 0 Å². The van der Waals surface area contributed by atoms with Gasteiger partial charge in [-0.25, -0.2) is 27.5 Å². The number of benzene rings is 2. The molecular weight excluding hydrogens is 332 g/mol. The van der Waals surface area contributed by atoms with Crippen LogP contribution in [0.4, 0.5) is 17.6 Å². The molecule has 2 aromatic carbocycles. The van der Waals surface area contributed by atoms with E-state index in [0.717, 1.165) is 30.5 Å². The van der Waals surface area contributed by atoms with Gasteiger partial charge in [0.1, 0.15) is 5.82 Å². The summed E-state index contributed by atoms with van der Waals surface area (Å²) < 4.78 is 54.1. The largest absolute Gasteiger partial charge is 0.236 e. The third-order valence-corrected chi connectivity index (χ3v) is 3.77. The average molecular weight is 346 g/mol. The van der Waals surface area contributed by atoms with Gasteiger partial charge in [0.05, 0.1) is 0 Å². The summed E-state index contributed by atoms with van der Waals surface area (Å²) in [6.07, 6.45) is 5.19. The van der Waals surface area contributed by atoms with Crippen molar-refractivity contribution in [2.24, 2.45) is 0 Å². The molecule has 0 aliphatic rings. The van der Waals surface area contributed by atoms with Crippen LogP contribution in [0.5, 0.6) is 0 Å². The van der Waals surface area contributed by atoms with E-state index < -0.39 is 23.3 Å². The Morgan fingerprint density at radius 1 is 0.800 bits per heavy atom. The minimum atomic E-state index is -1.58. The fraction of sp³-hybridized carbons (Fsp3) is 0.158. The van der Waals surface area contributed by atoms with E-state index >= 15 is 0 Å². The van der Waals surface area contributed by atoms with Gasteiger partial charge in [-0.3, -0.25) is 0 Å². The minimum Gasteiger partial charge on any atom is -0.236 e. The SMILES string of the molecule is CCCc1cnc(-c2ccc(-c3cc(F)c(F)c(F)c3)c(F)c2)nc1. The molecule has 25 heavy (non-hydrogen) atoms. The summed E-state index contributed by atoms with van der Waals surface area (Å²) in [5, 5.41) is 0. The molecule has 0 amide bonds. The zero-order valence-corrected chi connectivity index (χ0v) is 13.4. The Bertz CT molecular complexity index is 885. The number of hydrogen-bond donors (Lipinski definition) is 0. The summed E-state index contributed by atoms with van der Waals surface area (Å²) in [7, 11) is 0. The van der Waals surface area contributed by atoms with Crippen LogP contribution in [0.3, 0.4) is 0 Å². The Morgan fingerprint density at radius 2 is 1.40 bits per heavy atom. The van der Waals surface area contributed by atoms with E-state index in [0.29, 0.717) is 11.4 Å². The lowest BCUT2D eigenvalue weighted by Gasteiger charge is -2.07. The second kappa shape index (κ2) is 7.01. The fourth-order valence-electron chi connectivity index (χ4n) is 2.52. The van der Waals surface area contributed by atoms with Crippen molar-refractivity contribution < 1.29 is 17.6 Å². The summed E-state index contributed by atoms with van der Waals surface area (Å²) in [5.41, 5.74) is 1.30. The van der Waals surface area contributed by atoms with E-state index in [1.807, 2.05) is 6.92 Å². The second-order valence-corrected chi connectivity index (χ2v) is 5.61. The molecule has 6 heteroatoms. The molecule has 0 saturated carbocycles. The smallest absolute Gasteiger partial charge is 0.194 e. The molecule has 0 aliphatic carbocycles. The van der Waals surface area contributed by atoms with E-state index in [-0.39, 0.29) is 11.1 Å². The Labute approximate surface area is 142 Å². The molecule has 0 radical (unpaired) electrons. The number of aryl methyl sites for hydroxylation is 1. The molecule has 3 aromatic rings. The standard InChI is InChI=1S/C19H14F4N2/c1-2-3-11-9-24-19(25-10-11)12-4-5-14(15(20)6-12)13-7-16(21)18(23)17(22)8-13/h4-10H,2-3H2,1H3. The van der Waals surface area contributed by atoms with Gasteiger partial charge in [-0.15, -0.1) is 0 Å². The summed E-state index contributed by atoms with van der Waals surface area (Å²) in [5.74, 6) is -4.67. The van der Waals surface area contributed by atoms with Gasteiger partial charge in [-0.2, -0.15) is 0 Å². The van der Waals surface area contributed by atoms with Crippen LogP contribution in [-0.4, -0.2) is 9.97 Å². The number of aromatic nitrogens is 2. The van der Waals surface area contributed by atoms with Gasteiger partial charge in [0.2, 0.25) is 0 Å². The molecule has 0 saturated heterocycles. The number of rotatable bonds is 4. The lowest BCUT2D eigenvalue weighted by molar-refractivity contribution is 0.447. The normalized spacial score (nSPS) is 10.9. The molecule has 128 valence electrons. The quantitative estimate of drug-likeness (QED) is 0.472. The predicted molar refractivity (Wildman–Crippen MR) is 86.7 cm³/mol. The fourth-order valence-corrected chi connectivity index (χ4v) is 2.52. The second-order valence-electron chi connectivity index (χ2n) is 5.61. The van der Waals surface area contributed by atoms with Crippen LogP contribution >= 0.6 is 0 Å². The topological polar surface area (TPSA) is 25.8 Å². The van der Waals surface area contributed by atoms with Crippen molar-refractivity contribution in [1.29, 1.82) is 0 Å². The third-order valence-electron chi connectivity index (χ3n) is 3.77. The molecular formula is C19H14F4N2. The first-order valence-corrected chi connectivity index (χ1v) is 7.75. The van der Waals surface area contributed by atoms with Gasteiger partial charge in [-0.1, -0.05) is 25.5 Å². The maximum atomic E-state index is 14.4. The van der Waals surface area contributed by atoms with Gasteiger partial charge < -0.3 is 0 Å². The van der Waals surface area contributed by atoms with E-state index in [2.05, 4.69) is 9.97 Å². The van der Waals surface area contributed by atoms with Crippen LogP contribution in [0.15, 0.2) is 42.7 Å². The first-order valence-electron chi connectivity index (χ1n) is 7.75. The first-order chi connectivity index (χ1) is 12.0. The first kappa shape index (κ1) is 17.1. The van der Waals surface area contributed by atoms with Crippen LogP contribution < -0.4 is 0 Å². The number of nitrogens with zero attached hydrogens (tertiary/aromatic N) is 2. The summed E-state index contributed by atoms with van der Waals surface area (Å²) in [4.78, 5) is 8.41. The highest BCUT2D eigenvalue weighted by molar-refractivity contribution is 5.68. The van der Waals surface area contributed by atoms with Crippen LogP contribution in [0.1, 0.15) is 18.9 Å². The third kappa shape index (κ3) is 3.52. The molecule has 1 aromatic heterocycles. The van der Waals surface area contributed by atoms with Crippen molar-refractivity contribution >= 4 is 0 Å². The molecule has 0 fully saturated rings. The highest BCUT2D eigenvalue weighted by atomic mass is 19.2. The Kier molecular flexibility index (Phi) is 4.79. The number of halogens is 4. The zero-order valence-electron chi connectivity index (χ0n) is 13.4. The molecule has 0 atom stereocenters. The lowest BCUT2D eigenvalue weighted by Crippen LogP contribution is -1.95. The van der Waals surface area contributed by atoms with Gasteiger partial charge in [0.25, 0.3) is 0 Å². The van der Waals surface area contributed by atoms with E-state index in [1.54, 1.807) is 18.5 Å². The van der Waals surface area contributed by atoms with Gasteiger partial charge in [0, 0.05) is 23.5 Å². The minimum absolute atomic E-state index is 0.0378. The van der Waals surface area contributed by atoms with E-state index in [1.165, 1.54) is 12.1 Å². The van der Waals surface area contributed by atoms with Crippen molar-refractivity contribution in [2.75, 3.05) is 0 Å². The predicted octanol–water partition coefficient (Wildman–Crippen LogP) is 5.32. The van der Waals surface area contributed by atoms with Crippen LogP contribution in [0.25, 0.3) is 22.5 Å². The maximum Gasteiger partial charge on any atom is 0.194 e. The molecule has 1 heterocycles. The average Bonchev–Trinajstić information content (AvgIpc) is 2.60. The van der Waals surface area contributed by atoms with Crippen molar-refractivity contribution in [2.45, 2.75) is 19.8 Å². The van der Waals surface area contributed by atoms with Crippen LogP contribution in [0, 0.1) is 23.3 Å². The summed E-state index contributed by atoms with van der Waals surface area (Å²) >= 11 is 0. The van der Waals surface area contributed by atoms with E-state index in [4.69, 9.17) is 0 Å². The summed E-state index contributed by atoms with van der Waals surface area (Å²) in [6.45, 7) is 2.04.